The van der Waals surface area contributed by atoms with Crippen LogP contribution in [0.15, 0.2) is 23.1 Å². The zero-order valence-electron chi connectivity index (χ0n) is 12.6. The maximum atomic E-state index is 12.6. The summed E-state index contributed by atoms with van der Waals surface area (Å²) in [5.41, 5.74) is 0.986. The summed E-state index contributed by atoms with van der Waals surface area (Å²) < 4.78 is 25.2. The highest BCUT2D eigenvalue weighted by atomic mass is 32.2. The van der Waals surface area contributed by atoms with E-state index in [1.165, 1.54) is 6.07 Å². The highest BCUT2D eigenvalue weighted by Gasteiger charge is 2.29. The fourth-order valence-corrected chi connectivity index (χ4v) is 4.26. The second-order valence-electron chi connectivity index (χ2n) is 5.72. The smallest absolute Gasteiger partial charge is 0.225 e. The molecule has 1 aliphatic heterocycles. The van der Waals surface area contributed by atoms with Crippen molar-refractivity contribution in [1.29, 1.82) is 5.26 Å². The number of hydrogen-bond donors (Lipinski definition) is 1. The molecule has 0 aliphatic carbocycles. The lowest BCUT2D eigenvalue weighted by Crippen LogP contribution is -2.54. The molecular weight excluding hydrogens is 286 g/mol. The summed E-state index contributed by atoms with van der Waals surface area (Å²) in [5.74, 6) is 0. The van der Waals surface area contributed by atoms with Crippen LogP contribution in [0.3, 0.4) is 0 Å². The number of nitriles is 1. The molecule has 6 heteroatoms. The second-order valence-corrected chi connectivity index (χ2v) is 7.35. The van der Waals surface area contributed by atoms with Gasteiger partial charge in [0.2, 0.25) is 0 Å². The molecule has 1 fully saturated rings. The van der Waals surface area contributed by atoms with Crippen molar-refractivity contribution >= 4 is 10.0 Å². The Balaban J connectivity index is 2.32. The van der Waals surface area contributed by atoms with Crippen molar-refractivity contribution in [3.8, 4) is 6.07 Å². The monoisotopic (exact) mass is 307 g/mol. The van der Waals surface area contributed by atoms with E-state index in [-0.39, 0.29) is 17.0 Å². The maximum absolute atomic E-state index is 12.6. The standard InChI is InChI=1S/C15H21N3O2S/c1-11-7-8-14(10-16)9-15(11)21(19,20)17-18-12(2)5-4-6-13(18)3/h7-9,12-13,17H,4-6H2,1-3H3. The van der Waals surface area contributed by atoms with E-state index in [0.717, 1.165) is 19.3 Å². The Kier molecular flexibility index (Phi) is 4.67. The van der Waals surface area contributed by atoms with Gasteiger partial charge in [0.25, 0.3) is 10.0 Å². The summed E-state index contributed by atoms with van der Waals surface area (Å²) in [4.78, 5) is 2.87. The molecule has 2 rings (SSSR count). The van der Waals surface area contributed by atoms with Crippen molar-refractivity contribution in [2.45, 2.75) is 57.0 Å². The van der Waals surface area contributed by atoms with Gasteiger partial charge in [-0.15, -0.1) is 4.83 Å². The highest BCUT2D eigenvalue weighted by Crippen LogP contribution is 2.23. The topological polar surface area (TPSA) is 73.2 Å². The van der Waals surface area contributed by atoms with Gasteiger partial charge in [-0.1, -0.05) is 12.5 Å². The Morgan fingerprint density at radius 1 is 1.29 bits per heavy atom. The van der Waals surface area contributed by atoms with Crippen LogP contribution in [0.1, 0.15) is 44.2 Å². The molecule has 21 heavy (non-hydrogen) atoms. The first-order chi connectivity index (χ1) is 9.85. The Hall–Kier alpha value is -1.42. The molecule has 1 N–H and O–H groups in total. The number of aryl methyl sites for hydroxylation is 1. The predicted octanol–water partition coefficient (Wildman–Crippen LogP) is 2.32. The van der Waals surface area contributed by atoms with E-state index in [0.29, 0.717) is 11.1 Å². The molecule has 0 saturated carbocycles. The molecule has 0 aromatic heterocycles. The molecule has 0 spiro atoms. The molecule has 1 aliphatic rings. The van der Waals surface area contributed by atoms with Gasteiger partial charge in [0, 0.05) is 12.1 Å². The van der Waals surface area contributed by atoms with Gasteiger partial charge in [0.1, 0.15) is 0 Å². The van der Waals surface area contributed by atoms with Crippen molar-refractivity contribution in [3.05, 3.63) is 29.3 Å². The summed E-state index contributed by atoms with van der Waals surface area (Å²) >= 11 is 0. The first-order valence-corrected chi connectivity index (χ1v) is 8.65. The Morgan fingerprint density at radius 3 is 2.48 bits per heavy atom. The normalized spacial score (nSPS) is 23.7. The van der Waals surface area contributed by atoms with E-state index in [9.17, 15) is 8.42 Å². The van der Waals surface area contributed by atoms with Gasteiger partial charge in [0.15, 0.2) is 0 Å². The first kappa shape index (κ1) is 16.0. The minimum Gasteiger partial charge on any atom is -0.225 e. The molecule has 1 aromatic rings. The first-order valence-electron chi connectivity index (χ1n) is 7.16. The average molecular weight is 307 g/mol. The number of nitrogens with zero attached hydrogens (tertiary/aromatic N) is 2. The third-order valence-electron chi connectivity index (χ3n) is 4.03. The molecule has 1 heterocycles. The van der Waals surface area contributed by atoms with Gasteiger partial charge in [-0.05, 0) is 51.3 Å². The summed E-state index contributed by atoms with van der Waals surface area (Å²) in [6, 6.07) is 7.04. The van der Waals surface area contributed by atoms with E-state index >= 15 is 0 Å². The van der Waals surface area contributed by atoms with Crippen LogP contribution in [0.4, 0.5) is 0 Å². The molecule has 0 radical (unpaired) electrons. The quantitative estimate of drug-likeness (QED) is 0.930. The van der Waals surface area contributed by atoms with Crippen LogP contribution in [0.2, 0.25) is 0 Å². The van der Waals surface area contributed by atoms with Crippen molar-refractivity contribution in [2.75, 3.05) is 0 Å². The van der Waals surface area contributed by atoms with Crippen LogP contribution in [0.5, 0.6) is 0 Å². The number of nitrogens with one attached hydrogen (secondary N) is 1. The lowest BCUT2D eigenvalue weighted by molar-refractivity contribution is 0.0790. The average Bonchev–Trinajstić information content (AvgIpc) is 2.43. The molecule has 1 saturated heterocycles. The Bertz CT molecular complexity index is 654. The zero-order chi connectivity index (χ0) is 15.6. The zero-order valence-corrected chi connectivity index (χ0v) is 13.4. The van der Waals surface area contributed by atoms with Gasteiger partial charge in [-0.2, -0.15) is 5.26 Å². The predicted molar refractivity (Wildman–Crippen MR) is 80.8 cm³/mol. The third-order valence-corrected chi connectivity index (χ3v) is 5.50. The maximum Gasteiger partial charge on any atom is 0.253 e. The molecular formula is C15H21N3O2S. The van der Waals surface area contributed by atoms with Crippen LogP contribution >= 0.6 is 0 Å². The third kappa shape index (κ3) is 3.43. The SMILES string of the molecule is Cc1ccc(C#N)cc1S(=O)(=O)NN1C(C)CCCC1C. The summed E-state index contributed by atoms with van der Waals surface area (Å²) in [5, 5.41) is 10.8. The van der Waals surface area contributed by atoms with Crippen LogP contribution in [-0.4, -0.2) is 25.5 Å². The number of hydrogen-bond acceptors (Lipinski definition) is 4. The van der Waals surface area contributed by atoms with Gasteiger partial charge < -0.3 is 0 Å². The van der Waals surface area contributed by atoms with E-state index in [1.807, 2.05) is 24.9 Å². The lowest BCUT2D eigenvalue weighted by Gasteiger charge is -2.38. The van der Waals surface area contributed by atoms with Gasteiger partial charge >= 0.3 is 0 Å². The molecule has 0 bridgehead atoms. The summed E-state index contributed by atoms with van der Waals surface area (Å²) in [6.07, 6.45) is 3.07. The molecule has 114 valence electrons. The minimum atomic E-state index is -3.66. The Labute approximate surface area is 126 Å². The molecule has 5 nitrogen and oxygen atoms in total. The molecule has 1 aromatic carbocycles. The number of hydrazine groups is 1. The van der Waals surface area contributed by atoms with Crippen molar-refractivity contribution in [3.63, 3.8) is 0 Å². The van der Waals surface area contributed by atoms with Crippen LogP contribution < -0.4 is 4.83 Å². The van der Waals surface area contributed by atoms with Crippen molar-refractivity contribution < 1.29 is 8.42 Å². The lowest BCUT2D eigenvalue weighted by atomic mass is 10.0. The largest absolute Gasteiger partial charge is 0.253 e. The van der Waals surface area contributed by atoms with Crippen LogP contribution in [0, 0.1) is 18.3 Å². The van der Waals surface area contributed by atoms with Gasteiger partial charge in [0.05, 0.1) is 16.5 Å². The molecule has 0 amide bonds. The fourth-order valence-electron chi connectivity index (χ4n) is 2.75. The number of benzene rings is 1. The van der Waals surface area contributed by atoms with E-state index in [1.54, 1.807) is 19.1 Å². The van der Waals surface area contributed by atoms with Crippen molar-refractivity contribution in [1.82, 2.24) is 9.84 Å². The summed E-state index contributed by atoms with van der Waals surface area (Å²) in [7, 11) is -3.66. The van der Waals surface area contributed by atoms with Crippen molar-refractivity contribution in [2.24, 2.45) is 0 Å². The molecule has 2 unspecified atom stereocenters. The number of sulfonamides is 1. The van der Waals surface area contributed by atoms with E-state index < -0.39 is 10.0 Å². The Morgan fingerprint density at radius 2 is 1.90 bits per heavy atom. The number of rotatable bonds is 3. The van der Waals surface area contributed by atoms with Crippen LogP contribution in [0.25, 0.3) is 0 Å². The summed E-state index contributed by atoms with van der Waals surface area (Å²) in [6.45, 7) is 5.78. The van der Waals surface area contributed by atoms with Crippen LogP contribution in [-0.2, 0) is 10.0 Å². The highest BCUT2D eigenvalue weighted by molar-refractivity contribution is 7.89. The fraction of sp³-hybridized carbons (Fsp3) is 0.533. The van der Waals surface area contributed by atoms with Gasteiger partial charge in [-0.3, -0.25) is 0 Å². The van der Waals surface area contributed by atoms with E-state index in [2.05, 4.69) is 4.83 Å². The van der Waals surface area contributed by atoms with Gasteiger partial charge in [-0.25, -0.2) is 13.4 Å². The molecule has 2 atom stereocenters. The van der Waals surface area contributed by atoms with E-state index in [4.69, 9.17) is 5.26 Å². The number of piperidine rings is 1. The minimum absolute atomic E-state index is 0.169. The second kappa shape index (κ2) is 6.14.